The standard InChI is InChI=1S/C20H19.C17H15.2CH3.Si.Zr/c1-2-9-16(10-3-1)19-12-6-11-17-13-18(14-20(17)19)15-7-4-5-8-15;1-12-10-16-13(2)8-9-15(17(16)11-12)14-6-4-3-5-7-14;;;;/h1-3,6,9-15H,4-5,7-8H2;3-11H,1-2H3;2*1H3;;/q4*-1;;. The Hall–Kier alpha value is -2.80. The Bertz CT molecular complexity index is 1650. The average molecular weight is 628 g/mol. The van der Waals surface area contributed by atoms with Gasteiger partial charge in [-0.2, -0.15) is 12.1 Å². The number of rotatable bonds is 3. The minimum absolute atomic E-state index is 0. The van der Waals surface area contributed by atoms with Gasteiger partial charge >= 0.3 is 30.2 Å². The molecule has 0 unspecified atom stereocenters. The van der Waals surface area contributed by atoms with E-state index in [2.05, 4.69) is 136 Å². The van der Waals surface area contributed by atoms with Crippen LogP contribution in [-0.4, -0.2) is 6.88 Å². The van der Waals surface area contributed by atoms with Crippen LogP contribution in [0.4, 0.5) is 0 Å². The summed E-state index contributed by atoms with van der Waals surface area (Å²) in [5.74, 6) is 0.797. The minimum atomic E-state index is 0. The third-order valence-corrected chi connectivity index (χ3v) is 8.02. The van der Waals surface area contributed by atoms with E-state index in [1.807, 2.05) is 0 Å². The van der Waals surface area contributed by atoms with Crippen molar-refractivity contribution < 1.29 is 23.3 Å². The van der Waals surface area contributed by atoms with Gasteiger partial charge in [0.2, 0.25) is 0 Å². The van der Waals surface area contributed by atoms with Crippen molar-refractivity contribution in [1.82, 2.24) is 0 Å². The van der Waals surface area contributed by atoms with Crippen molar-refractivity contribution in [3.8, 4) is 22.3 Å². The second-order valence-electron chi connectivity index (χ2n) is 10.6. The van der Waals surface area contributed by atoms with E-state index in [1.54, 1.807) is 5.56 Å². The van der Waals surface area contributed by atoms with E-state index in [9.17, 15) is 0 Å². The maximum absolute atomic E-state index is 3.06. The van der Waals surface area contributed by atoms with Crippen molar-refractivity contribution in [1.29, 1.82) is 0 Å². The normalized spacial score (nSPS) is 12.4. The number of fused-ring (bicyclic) bond motifs is 2. The second-order valence-corrected chi connectivity index (χ2v) is 10.6. The van der Waals surface area contributed by atoms with Crippen molar-refractivity contribution >= 4 is 28.4 Å². The van der Waals surface area contributed by atoms with Gasteiger partial charge in [-0.3, -0.25) is 0 Å². The molecule has 0 atom stereocenters. The Morgan fingerprint density at radius 1 is 0.634 bits per heavy atom. The maximum Gasteiger partial charge on any atom is -0.0279 e. The van der Waals surface area contributed by atoms with Gasteiger partial charge in [0.15, 0.2) is 0 Å². The summed E-state index contributed by atoms with van der Waals surface area (Å²) in [7, 11) is 0. The molecular weight excluding hydrogens is 588 g/mol. The summed E-state index contributed by atoms with van der Waals surface area (Å²) in [4.78, 5) is 0. The van der Waals surface area contributed by atoms with Gasteiger partial charge in [-0.25, -0.2) is 0 Å². The number of aryl methyl sites for hydroxylation is 2. The molecule has 0 aliphatic heterocycles. The molecule has 0 saturated heterocycles. The predicted octanol–water partition coefficient (Wildman–Crippen LogP) is 11.2. The van der Waals surface area contributed by atoms with Gasteiger partial charge in [0, 0.05) is 0 Å². The van der Waals surface area contributed by atoms with Crippen molar-refractivity contribution in [2.75, 3.05) is 0 Å². The monoisotopic (exact) mass is 626 g/mol. The molecule has 1 aliphatic rings. The smallest absolute Gasteiger partial charge is 0.0279 e. The molecule has 0 N–H and O–H groups in total. The summed E-state index contributed by atoms with van der Waals surface area (Å²) < 4.78 is 0. The molecule has 0 nitrogen and oxygen atoms in total. The Labute approximate surface area is 264 Å². The summed E-state index contributed by atoms with van der Waals surface area (Å²) in [6, 6.07) is 41.9. The third kappa shape index (κ3) is 7.35. The molecule has 0 spiro atoms. The Morgan fingerprint density at radius 3 is 1.83 bits per heavy atom. The predicted molar refractivity (Wildman–Crippen MR) is 179 cm³/mol. The summed E-state index contributed by atoms with van der Waals surface area (Å²) >= 11 is 1.36. The number of benzene rings is 4. The van der Waals surface area contributed by atoms with Crippen LogP contribution in [0.1, 0.15) is 48.3 Å². The van der Waals surface area contributed by atoms with Crippen LogP contribution in [0.2, 0.25) is 0 Å². The van der Waals surface area contributed by atoms with Gasteiger partial charge in [-0.05, 0) is 29.9 Å². The van der Waals surface area contributed by atoms with Crippen molar-refractivity contribution in [3.05, 3.63) is 147 Å². The van der Waals surface area contributed by atoms with Gasteiger partial charge in [0.05, 0.1) is 0 Å². The van der Waals surface area contributed by atoms with Crippen LogP contribution in [0.25, 0.3) is 43.8 Å². The SMILES string of the molecule is Cc1cc2c(-c3ccccc3)ccc(C)c2[cH-]1.[CH3-].[CH3-].[Si]=[Zr].c1ccc(-c2cccc3[cH-]c(C4CCCC4)cc23)cc1. The zero-order valence-electron chi connectivity index (χ0n) is 24.9. The fourth-order valence-corrected chi connectivity index (χ4v) is 6.08. The molecular formula is C39H40SiZr-4. The topological polar surface area (TPSA) is 0 Å². The average Bonchev–Trinajstić information content (AvgIpc) is 3.75. The Morgan fingerprint density at radius 2 is 1.22 bits per heavy atom. The molecule has 1 saturated carbocycles. The first-order valence-electron chi connectivity index (χ1n) is 13.9. The molecule has 6 aromatic carbocycles. The summed E-state index contributed by atoms with van der Waals surface area (Å²) in [6.07, 6.45) is 5.55. The summed E-state index contributed by atoms with van der Waals surface area (Å²) in [5, 5.41) is 5.56. The van der Waals surface area contributed by atoms with Gasteiger partial charge in [-0.1, -0.05) is 111 Å². The Balaban J connectivity index is 0.000000206. The molecule has 0 amide bonds. The van der Waals surface area contributed by atoms with Crippen LogP contribution < -0.4 is 0 Å². The van der Waals surface area contributed by atoms with E-state index in [1.165, 1.54) is 104 Å². The van der Waals surface area contributed by atoms with Crippen molar-refractivity contribution in [2.24, 2.45) is 0 Å². The van der Waals surface area contributed by atoms with Gasteiger partial charge in [-0.15, -0.1) is 68.6 Å². The van der Waals surface area contributed by atoms with Crippen molar-refractivity contribution in [3.63, 3.8) is 0 Å². The molecule has 7 rings (SSSR count). The Kier molecular flexibility index (Phi) is 12.3. The molecule has 0 heterocycles. The van der Waals surface area contributed by atoms with Crippen LogP contribution in [-0.2, 0) is 23.3 Å². The van der Waals surface area contributed by atoms with E-state index >= 15 is 0 Å². The van der Waals surface area contributed by atoms with Crippen LogP contribution in [0.5, 0.6) is 0 Å². The second kappa shape index (κ2) is 15.4. The molecule has 2 radical (unpaired) electrons. The molecule has 6 aromatic rings. The van der Waals surface area contributed by atoms with E-state index in [-0.39, 0.29) is 14.9 Å². The zero-order chi connectivity index (χ0) is 27.2. The molecule has 0 aromatic heterocycles. The van der Waals surface area contributed by atoms with E-state index in [4.69, 9.17) is 0 Å². The quantitative estimate of drug-likeness (QED) is 0.135. The maximum atomic E-state index is 3.06. The van der Waals surface area contributed by atoms with Crippen LogP contribution in [0.15, 0.2) is 115 Å². The molecule has 208 valence electrons. The molecule has 2 heteroatoms. The van der Waals surface area contributed by atoms with E-state index in [0.29, 0.717) is 0 Å². The first-order valence-corrected chi connectivity index (χ1v) is 18.1. The van der Waals surface area contributed by atoms with E-state index in [0.717, 1.165) is 5.92 Å². The largest absolute Gasteiger partial charge is 0.164 e. The molecule has 1 aliphatic carbocycles. The molecule has 41 heavy (non-hydrogen) atoms. The van der Waals surface area contributed by atoms with Crippen molar-refractivity contribution in [2.45, 2.75) is 45.4 Å². The fourth-order valence-electron chi connectivity index (χ4n) is 6.08. The zero-order valence-corrected chi connectivity index (χ0v) is 28.3. The first-order chi connectivity index (χ1) is 19.2. The fraction of sp³-hybridized carbons (Fsp3) is 0.179. The van der Waals surface area contributed by atoms with Crippen LogP contribution >= 0.6 is 0 Å². The molecule has 1 fully saturated rings. The number of hydrogen-bond acceptors (Lipinski definition) is 0. The van der Waals surface area contributed by atoms with Crippen LogP contribution in [0.3, 0.4) is 0 Å². The van der Waals surface area contributed by atoms with E-state index < -0.39 is 0 Å². The number of hydrogen-bond donors (Lipinski definition) is 0. The van der Waals surface area contributed by atoms with Gasteiger partial charge in [0.1, 0.15) is 0 Å². The summed E-state index contributed by atoms with van der Waals surface area (Å²) in [5.41, 5.74) is 9.57. The van der Waals surface area contributed by atoms with Gasteiger partial charge in [0.25, 0.3) is 0 Å². The van der Waals surface area contributed by atoms with Gasteiger partial charge < -0.3 is 14.9 Å². The molecule has 0 bridgehead atoms. The third-order valence-electron chi connectivity index (χ3n) is 8.02. The van der Waals surface area contributed by atoms with Crippen LogP contribution in [0, 0.1) is 28.7 Å². The first kappa shape index (κ1) is 32.7. The summed E-state index contributed by atoms with van der Waals surface area (Å²) in [6.45, 7) is 7.40. The minimum Gasteiger partial charge on any atom is -0.164 e.